The molecule has 1 atom stereocenters. The number of thioether (sulfide) groups is 1. The van der Waals surface area contributed by atoms with Crippen LogP contribution in [-0.4, -0.2) is 18.1 Å². The zero-order valence-corrected chi connectivity index (χ0v) is 10.7. The fourth-order valence-electron chi connectivity index (χ4n) is 1.63. The van der Waals surface area contributed by atoms with Crippen molar-refractivity contribution in [1.82, 2.24) is 0 Å². The van der Waals surface area contributed by atoms with Crippen molar-refractivity contribution in [2.24, 2.45) is 5.92 Å². The topological polar surface area (TPSA) is 12.0 Å². The molecule has 1 saturated heterocycles. The van der Waals surface area contributed by atoms with Gasteiger partial charge < -0.3 is 5.32 Å². The van der Waals surface area contributed by atoms with E-state index in [9.17, 15) is 4.39 Å². The Kier molecular flexibility index (Phi) is 3.92. The molecule has 1 aliphatic heterocycles. The molecule has 0 bridgehead atoms. The summed E-state index contributed by atoms with van der Waals surface area (Å²) in [6.45, 7) is 0.940. The molecular weight excluding hydrogens is 277 g/mol. The second-order valence-corrected chi connectivity index (χ2v) is 5.74. The second kappa shape index (κ2) is 5.21. The largest absolute Gasteiger partial charge is 0.384 e. The Morgan fingerprint density at radius 2 is 2.40 bits per heavy atom. The monoisotopic (exact) mass is 289 g/mol. The molecule has 4 heteroatoms. The fraction of sp³-hybridized carbons (Fsp3) is 0.455. The SMILES string of the molecule is Fc1ccc(Br)c(NCC2CCSC2)c1. The Bertz CT molecular complexity index is 339. The maximum Gasteiger partial charge on any atom is 0.125 e. The molecule has 1 N–H and O–H groups in total. The Morgan fingerprint density at radius 3 is 3.13 bits per heavy atom. The molecule has 0 radical (unpaired) electrons. The molecule has 1 nitrogen and oxygen atoms in total. The molecule has 0 amide bonds. The van der Waals surface area contributed by atoms with E-state index in [1.807, 2.05) is 11.8 Å². The molecule has 0 aliphatic carbocycles. The summed E-state index contributed by atoms with van der Waals surface area (Å²) in [5.41, 5.74) is 0.854. The van der Waals surface area contributed by atoms with E-state index in [0.29, 0.717) is 0 Å². The first-order valence-corrected chi connectivity index (χ1v) is 6.97. The zero-order valence-electron chi connectivity index (χ0n) is 8.30. The van der Waals surface area contributed by atoms with Crippen LogP contribution in [0.25, 0.3) is 0 Å². The highest BCUT2D eigenvalue weighted by molar-refractivity contribution is 9.10. The lowest BCUT2D eigenvalue weighted by atomic mass is 10.1. The molecule has 0 spiro atoms. The Labute approximate surface area is 102 Å². The van der Waals surface area contributed by atoms with Crippen LogP contribution < -0.4 is 5.32 Å². The van der Waals surface area contributed by atoms with E-state index in [2.05, 4.69) is 21.2 Å². The average molecular weight is 290 g/mol. The third-order valence-corrected chi connectivity index (χ3v) is 4.46. The summed E-state index contributed by atoms with van der Waals surface area (Å²) >= 11 is 5.40. The van der Waals surface area contributed by atoms with Crippen LogP contribution in [0.1, 0.15) is 6.42 Å². The summed E-state index contributed by atoms with van der Waals surface area (Å²) in [6, 6.07) is 4.73. The summed E-state index contributed by atoms with van der Waals surface area (Å²) in [7, 11) is 0. The van der Waals surface area contributed by atoms with Gasteiger partial charge in [-0.25, -0.2) is 4.39 Å². The third kappa shape index (κ3) is 3.11. The zero-order chi connectivity index (χ0) is 10.7. The highest BCUT2D eigenvalue weighted by Gasteiger charge is 2.15. The van der Waals surface area contributed by atoms with E-state index >= 15 is 0 Å². The normalized spacial score (nSPS) is 20.5. The van der Waals surface area contributed by atoms with Crippen molar-refractivity contribution in [3.05, 3.63) is 28.5 Å². The van der Waals surface area contributed by atoms with Gasteiger partial charge in [-0.05, 0) is 58.0 Å². The molecule has 1 unspecified atom stereocenters. The summed E-state index contributed by atoms with van der Waals surface area (Å²) in [5, 5.41) is 3.30. The molecular formula is C11H13BrFNS. The van der Waals surface area contributed by atoms with Crippen molar-refractivity contribution >= 4 is 33.4 Å². The first-order chi connectivity index (χ1) is 7.25. The fourth-order valence-corrected chi connectivity index (χ4v) is 3.30. The van der Waals surface area contributed by atoms with E-state index in [1.165, 1.54) is 30.1 Å². The highest BCUT2D eigenvalue weighted by atomic mass is 79.9. The standard InChI is InChI=1S/C11H13BrFNS/c12-10-2-1-9(13)5-11(10)14-6-8-3-4-15-7-8/h1-2,5,8,14H,3-4,6-7H2. The summed E-state index contributed by atoms with van der Waals surface area (Å²) in [5.74, 6) is 3.02. The maximum atomic E-state index is 13.0. The molecule has 82 valence electrons. The van der Waals surface area contributed by atoms with E-state index < -0.39 is 0 Å². The lowest BCUT2D eigenvalue weighted by Gasteiger charge is -2.12. The predicted molar refractivity (Wildman–Crippen MR) is 68.0 cm³/mol. The van der Waals surface area contributed by atoms with Crippen molar-refractivity contribution in [3.63, 3.8) is 0 Å². The van der Waals surface area contributed by atoms with Gasteiger partial charge in [-0.1, -0.05) is 0 Å². The van der Waals surface area contributed by atoms with Gasteiger partial charge in [0.05, 0.1) is 5.69 Å². The van der Waals surface area contributed by atoms with Gasteiger partial charge in [0.15, 0.2) is 0 Å². The molecule has 0 saturated carbocycles. The molecule has 1 fully saturated rings. The van der Waals surface area contributed by atoms with Gasteiger partial charge in [-0.3, -0.25) is 0 Å². The van der Waals surface area contributed by atoms with Crippen LogP contribution in [0.3, 0.4) is 0 Å². The lowest BCUT2D eigenvalue weighted by molar-refractivity contribution is 0.622. The van der Waals surface area contributed by atoms with Crippen molar-refractivity contribution in [2.75, 3.05) is 23.4 Å². The van der Waals surface area contributed by atoms with Gasteiger partial charge in [0, 0.05) is 11.0 Å². The first kappa shape index (κ1) is 11.3. The van der Waals surface area contributed by atoms with Crippen LogP contribution in [0, 0.1) is 11.7 Å². The van der Waals surface area contributed by atoms with Crippen LogP contribution in [0.5, 0.6) is 0 Å². The minimum atomic E-state index is -0.193. The van der Waals surface area contributed by atoms with Gasteiger partial charge in [-0.15, -0.1) is 0 Å². The van der Waals surface area contributed by atoms with E-state index in [4.69, 9.17) is 0 Å². The number of anilines is 1. The number of halogens is 2. The average Bonchev–Trinajstić information content (AvgIpc) is 2.72. The number of hydrogen-bond donors (Lipinski definition) is 1. The van der Waals surface area contributed by atoms with Crippen molar-refractivity contribution in [1.29, 1.82) is 0 Å². The molecule has 0 aromatic heterocycles. The van der Waals surface area contributed by atoms with Crippen LogP contribution in [-0.2, 0) is 0 Å². The Balaban J connectivity index is 1.94. The molecule has 15 heavy (non-hydrogen) atoms. The molecule has 2 rings (SSSR count). The quantitative estimate of drug-likeness (QED) is 0.910. The van der Waals surface area contributed by atoms with E-state index in [-0.39, 0.29) is 5.82 Å². The number of hydrogen-bond acceptors (Lipinski definition) is 2. The third-order valence-electron chi connectivity index (χ3n) is 2.53. The lowest BCUT2D eigenvalue weighted by Crippen LogP contribution is -2.13. The summed E-state index contributed by atoms with van der Waals surface area (Å²) < 4.78 is 13.9. The van der Waals surface area contributed by atoms with Gasteiger partial charge in [-0.2, -0.15) is 11.8 Å². The summed E-state index contributed by atoms with van der Waals surface area (Å²) in [4.78, 5) is 0. The van der Waals surface area contributed by atoms with E-state index in [1.54, 1.807) is 6.07 Å². The predicted octanol–water partition coefficient (Wildman–Crippen LogP) is 3.75. The molecule has 1 aromatic rings. The van der Waals surface area contributed by atoms with Crippen LogP contribution >= 0.6 is 27.7 Å². The van der Waals surface area contributed by atoms with E-state index in [0.717, 1.165) is 22.6 Å². The van der Waals surface area contributed by atoms with Crippen LogP contribution in [0.2, 0.25) is 0 Å². The molecule has 1 aliphatic rings. The Morgan fingerprint density at radius 1 is 1.53 bits per heavy atom. The van der Waals surface area contributed by atoms with Gasteiger partial charge in [0.25, 0.3) is 0 Å². The number of nitrogens with one attached hydrogen (secondary N) is 1. The van der Waals surface area contributed by atoms with Gasteiger partial charge in [0.2, 0.25) is 0 Å². The first-order valence-electron chi connectivity index (χ1n) is 5.02. The summed E-state index contributed by atoms with van der Waals surface area (Å²) in [6.07, 6.45) is 1.27. The minimum Gasteiger partial charge on any atom is -0.384 e. The van der Waals surface area contributed by atoms with Crippen LogP contribution in [0.4, 0.5) is 10.1 Å². The maximum absolute atomic E-state index is 13.0. The van der Waals surface area contributed by atoms with Crippen molar-refractivity contribution in [3.8, 4) is 0 Å². The van der Waals surface area contributed by atoms with Gasteiger partial charge in [0.1, 0.15) is 5.82 Å². The number of rotatable bonds is 3. The highest BCUT2D eigenvalue weighted by Crippen LogP contribution is 2.26. The number of benzene rings is 1. The Hall–Kier alpha value is -0.220. The molecule has 1 aromatic carbocycles. The molecule has 1 heterocycles. The van der Waals surface area contributed by atoms with Crippen LogP contribution in [0.15, 0.2) is 22.7 Å². The van der Waals surface area contributed by atoms with Crippen molar-refractivity contribution in [2.45, 2.75) is 6.42 Å². The van der Waals surface area contributed by atoms with Gasteiger partial charge >= 0.3 is 0 Å². The van der Waals surface area contributed by atoms with Crippen molar-refractivity contribution < 1.29 is 4.39 Å². The second-order valence-electron chi connectivity index (χ2n) is 3.73. The minimum absolute atomic E-state index is 0.193. The smallest absolute Gasteiger partial charge is 0.125 e.